The molecule has 1 saturated heterocycles. The fourth-order valence-electron chi connectivity index (χ4n) is 2.08. The van der Waals surface area contributed by atoms with Gasteiger partial charge in [0, 0.05) is 18.8 Å². The Labute approximate surface area is 119 Å². The fourth-order valence-corrected chi connectivity index (χ4v) is 2.08. The number of benzene rings is 1. The summed E-state index contributed by atoms with van der Waals surface area (Å²) in [4.78, 5) is 36.4. The van der Waals surface area contributed by atoms with Crippen molar-refractivity contribution in [1.29, 1.82) is 0 Å². The van der Waals surface area contributed by atoms with E-state index in [9.17, 15) is 18.8 Å². The molecule has 1 fully saturated rings. The van der Waals surface area contributed by atoms with Crippen molar-refractivity contribution in [2.24, 2.45) is 0 Å². The molecule has 0 atom stereocenters. The first kappa shape index (κ1) is 14.8. The van der Waals surface area contributed by atoms with Crippen LogP contribution in [-0.4, -0.2) is 54.7 Å². The van der Waals surface area contributed by atoms with Crippen LogP contribution in [0.4, 0.5) is 14.9 Å². The van der Waals surface area contributed by atoms with Crippen LogP contribution in [0.1, 0.15) is 10.4 Å². The Hall–Kier alpha value is -2.64. The van der Waals surface area contributed by atoms with Crippen LogP contribution in [0.3, 0.4) is 0 Å². The van der Waals surface area contributed by atoms with Gasteiger partial charge in [0.1, 0.15) is 12.4 Å². The number of halogens is 1. The lowest BCUT2D eigenvalue weighted by molar-refractivity contribution is -0.120. The van der Waals surface area contributed by atoms with E-state index in [0.29, 0.717) is 0 Å². The van der Waals surface area contributed by atoms with Crippen LogP contribution in [0.25, 0.3) is 0 Å². The normalized spacial score (nSPS) is 15.0. The van der Waals surface area contributed by atoms with Crippen LogP contribution < -0.4 is 4.90 Å². The maximum absolute atomic E-state index is 13.6. The quantitative estimate of drug-likeness (QED) is 0.821. The van der Waals surface area contributed by atoms with Gasteiger partial charge in [0.2, 0.25) is 5.91 Å². The molecule has 0 bridgehead atoms. The number of ether oxygens (including phenoxy) is 1. The number of amides is 2. The SMILES string of the molecule is COC(=O)c1cc(F)cc(N2CCN(C(=O)O)CC2=O)c1. The molecule has 1 aliphatic rings. The van der Waals surface area contributed by atoms with E-state index >= 15 is 0 Å². The second kappa shape index (κ2) is 5.78. The largest absolute Gasteiger partial charge is 0.465 e. The van der Waals surface area contributed by atoms with Gasteiger partial charge in [-0.15, -0.1) is 0 Å². The van der Waals surface area contributed by atoms with Gasteiger partial charge >= 0.3 is 12.1 Å². The van der Waals surface area contributed by atoms with Gasteiger partial charge in [-0.3, -0.25) is 9.69 Å². The molecule has 0 unspecified atom stereocenters. The van der Waals surface area contributed by atoms with Gasteiger partial charge in [-0.1, -0.05) is 0 Å². The highest BCUT2D eigenvalue weighted by molar-refractivity contribution is 5.98. The summed E-state index contributed by atoms with van der Waals surface area (Å²) in [7, 11) is 1.17. The van der Waals surface area contributed by atoms with Gasteiger partial charge in [-0.05, 0) is 18.2 Å². The Morgan fingerprint density at radius 3 is 2.57 bits per heavy atom. The predicted molar refractivity (Wildman–Crippen MR) is 69.7 cm³/mol. The van der Waals surface area contributed by atoms with Gasteiger partial charge in [0.25, 0.3) is 0 Å². The van der Waals surface area contributed by atoms with E-state index < -0.39 is 23.8 Å². The summed E-state index contributed by atoms with van der Waals surface area (Å²) >= 11 is 0. The number of carbonyl (C=O) groups excluding carboxylic acids is 2. The Morgan fingerprint density at radius 1 is 1.29 bits per heavy atom. The van der Waals surface area contributed by atoms with Crippen LogP contribution in [0.15, 0.2) is 18.2 Å². The van der Waals surface area contributed by atoms with Gasteiger partial charge in [-0.25, -0.2) is 14.0 Å². The predicted octanol–water partition coefficient (Wildman–Crippen LogP) is 0.939. The van der Waals surface area contributed by atoms with E-state index in [0.717, 1.165) is 17.0 Å². The third-order valence-electron chi connectivity index (χ3n) is 3.11. The Kier molecular flexibility index (Phi) is 4.06. The molecule has 1 N–H and O–H groups in total. The zero-order valence-corrected chi connectivity index (χ0v) is 11.2. The highest BCUT2D eigenvalue weighted by Gasteiger charge is 2.28. The van der Waals surface area contributed by atoms with Gasteiger partial charge in [-0.2, -0.15) is 0 Å². The van der Waals surface area contributed by atoms with Crippen LogP contribution in [-0.2, 0) is 9.53 Å². The average Bonchev–Trinajstić information content (AvgIpc) is 2.45. The summed E-state index contributed by atoms with van der Waals surface area (Å²) in [6, 6.07) is 3.46. The molecule has 1 aromatic rings. The molecule has 112 valence electrons. The number of rotatable bonds is 2. The minimum Gasteiger partial charge on any atom is -0.465 e. The van der Waals surface area contributed by atoms with E-state index in [1.54, 1.807) is 0 Å². The molecule has 0 aromatic heterocycles. The number of piperazine rings is 1. The van der Waals surface area contributed by atoms with E-state index in [1.165, 1.54) is 18.1 Å². The van der Waals surface area contributed by atoms with Crippen molar-refractivity contribution in [3.8, 4) is 0 Å². The smallest absolute Gasteiger partial charge is 0.407 e. The lowest BCUT2D eigenvalue weighted by atomic mass is 10.1. The molecule has 1 aliphatic heterocycles. The molecule has 1 heterocycles. The van der Waals surface area contributed by atoms with Crippen molar-refractivity contribution in [2.75, 3.05) is 31.6 Å². The van der Waals surface area contributed by atoms with Crippen LogP contribution in [0.2, 0.25) is 0 Å². The first-order chi connectivity index (χ1) is 9.92. The van der Waals surface area contributed by atoms with Crippen molar-refractivity contribution >= 4 is 23.7 Å². The molecule has 0 spiro atoms. The summed E-state index contributed by atoms with van der Waals surface area (Å²) < 4.78 is 18.1. The minimum absolute atomic E-state index is 0.0130. The number of nitrogens with zero attached hydrogens (tertiary/aromatic N) is 2. The molecule has 21 heavy (non-hydrogen) atoms. The minimum atomic E-state index is -1.18. The van der Waals surface area contributed by atoms with Crippen molar-refractivity contribution in [2.45, 2.75) is 0 Å². The van der Waals surface area contributed by atoms with Crippen molar-refractivity contribution in [3.05, 3.63) is 29.6 Å². The summed E-state index contributed by atoms with van der Waals surface area (Å²) in [6.45, 7) is -0.0975. The zero-order chi connectivity index (χ0) is 15.6. The molecule has 2 amide bonds. The third-order valence-corrected chi connectivity index (χ3v) is 3.11. The van der Waals surface area contributed by atoms with Crippen LogP contribution in [0, 0.1) is 5.82 Å². The lowest BCUT2D eigenvalue weighted by Gasteiger charge is -2.32. The summed E-state index contributed by atoms with van der Waals surface area (Å²) in [5, 5.41) is 8.84. The standard InChI is InChI=1S/C13H13FN2O5/c1-21-12(18)8-4-9(14)6-10(5-8)16-3-2-15(13(19)20)7-11(16)17/h4-6H,2-3,7H2,1H3,(H,19,20). The number of hydrogen-bond acceptors (Lipinski definition) is 4. The average molecular weight is 296 g/mol. The molecule has 0 radical (unpaired) electrons. The molecule has 0 saturated carbocycles. The lowest BCUT2D eigenvalue weighted by Crippen LogP contribution is -2.52. The number of methoxy groups -OCH3 is 1. The van der Waals surface area contributed by atoms with Crippen molar-refractivity contribution in [1.82, 2.24) is 4.90 Å². The van der Waals surface area contributed by atoms with Gasteiger partial charge in [0.05, 0.1) is 12.7 Å². The van der Waals surface area contributed by atoms with E-state index in [1.807, 2.05) is 0 Å². The Morgan fingerprint density at radius 2 is 2.00 bits per heavy atom. The second-order valence-corrected chi connectivity index (χ2v) is 4.44. The maximum atomic E-state index is 13.6. The van der Waals surface area contributed by atoms with Gasteiger partial charge < -0.3 is 14.7 Å². The Bertz CT molecular complexity index is 604. The van der Waals surface area contributed by atoms with Crippen molar-refractivity contribution < 1.29 is 28.6 Å². The molecule has 7 nitrogen and oxygen atoms in total. The maximum Gasteiger partial charge on any atom is 0.407 e. The summed E-state index contributed by atoms with van der Waals surface area (Å²) in [5.41, 5.74) is 0.186. The number of esters is 1. The molecule has 1 aromatic carbocycles. The highest BCUT2D eigenvalue weighted by Crippen LogP contribution is 2.21. The molecule has 8 heteroatoms. The first-order valence-electron chi connectivity index (χ1n) is 6.09. The van der Waals surface area contributed by atoms with Crippen molar-refractivity contribution in [3.63, 3.8) is 0 Å². The number of anilines is 1. The fraction of sp³-hybridized carbons (Fsp3) is 0.308. The second-order valence-electron chi connectivity index (χ2n) is 4.44. The van der Waals surface area contributed by atoms with E-state index in [2.05, 4.69) is 4.74 Å². The number of hydrogen-bond donors (Lipinski definition) is 1. The summed E-state index contributed by atoms with van der Waals surface area (Å²) in [5.74, 6) is -1.88. The monoisotopic (exact) mass is 296 g/mol. The number of carbonyl (C=O) groups is 3. The first-order valence-corrected chi connectivity index (χ1v) is 6.09. The van der Waals surface area contributed by atoms with Crippen LogP contribution >= 0.6 is 0 Å². The molecular weight excluding hydrogens is 283 g/mol. The molecule has 2 rings (SSSR count). The zero-order valence-electron chi connectivity index (χ0n) is 11.2. The highest BCUT2D eigenvalue weighted by atomic mass is 19.1. The number of carboxylic acid groups (broad SMARTS) is 1. The van der Waals surface area contributed by atoms with Crippen LogP contribution in [0.5, 0.6) is 0 Å². The van der Waals surface area contributed by atoms with E-state index in [4.69, 9.17) is 5.11 Å². The molecular formula is C13H13FN2O5. The Balaban J connectivity index is 2.26. The van der Waals surface area contributed by atoms with Gasteiger partial charge in [0.15, 0.2) is 0 Å². The summed E-state index contributed by atoms with van der Waals surface area (Å²) in [6.07, 6.45) is -1.18. The topological polar surface area (TPSA) is 87.2 Å². The third kappa shape index (κ3) is 3.10. The van der Waals surface area contributed by atoms with E-state index in [-0.39, 0.29) is 30.9 Å². The molecule has 0 aliphatic carbocycles.